The van der Waals surface area contributed by atoms with Gasteiger partial charge in [0, 0.05) is 18.3 Å². The number of hydrogen-bond donors (Lipinski definition) is 1. The molecule has 0 saturated heterocycles. The first-order chi connectivity index (χ1) is 7.53. The molecule has 0 fully saturated rings. The molecule has 0 bridgehead atoms. The molecule has 0 saturated carbocycles. The highest BCUT2D eigenvalue weighted by atomic mass is 16.5. The van der Waals surface area contributed by atoms with E-state index in [-0.39, 0.29) is 0 Å². The summed E-state index contributed by atoms with van der Waals surface area (Å²) in [5.41, 5.74) is 5.30. The molecule has 1 atom stereocenters. The molecule has 1 amide bonds. The molecule has 1 heterocycles. The Bertz CT molecular complexity index is 472. The number of benzene rings is 1. The van der Waals surface area contributed by atoms with Gasteiger partial charge in [0.15, 0.2) is 0 Å². The Morgan fingerprint density at radius 3 is 2.69 bits per heavy atom. The summed E-state index contributed by atoms with van der Waals surface area (Å²) in [4.78, 5) is 25.0. The lowest BCUT2D eigenvalue weighted by Crippen LogP contribution is -2.53. The van der Waals surface area contributed by atoms with Crippen LogP contribution in [0.2, 0.25) is 0 Å². The second-order valence-corrected chi connectivity index (χ2v) is 3.68. The van der Waals surface area contributed by atoms with Gasteiger partial charge in [-0.25, -0.2) is 4.79 Å². The number of carbonyl (C=O) groups is 2. The Morgan fingerprint density at radius 1 is 1.44 bits per heavy atom. The van der Waals surface area contributed by atoms with Gasteiger partial charge in [-0.1, -0.05) is 18.2 Å². The monoisotopic (exact) mass is 220 g/mol. The number of ether oxygens (including phenoxy) is 1. The molecule has 1 aromatic carbocycles. The van der Waals surface area contributed by atoms with Gasteiger partial charge in [-0.15, -0.1) is 0 Å². The molecule has 0 unspecified atom stereocenters. The third-order valence-corrected chi connectivity index (χ3v) is 2.84. The average molecular weight is 220 g/mol. The van der Waals surface area contributed by atoms with Gasteiger partial charge >= 0.3 is 5.97 Å². The van der Waals surface area contributed by atoms with E-state index in [0.717, 1.165) is 0 Å². The molecule has 0 radical (unpaired) electrons. The number of fused-ring (bicyclic) bond motifs is 1. The summed E-state index contributed by atoms with van der Waals surface area (Å²) in [6.45, 7) is 0. The fourth-order valence-electron chi connectivity index (χ4n) is 1.95. The standard InChI is InChI=1S/C11H12N2O3/c1-13-8-6-4-3-5-7(8)11(12,9(13)14)10(15)16-2/h3-6H,12H2,1-2H3/t11-/m0/s1. The number of carbonyl (C=O) groups excluding carboxylic acids is 2. The van der Waals surface area contributed by atoms with Gasteiger partial charge in [0.2, 0.25) is 5.54 Å². The molecular weight excluding hydrogens is 208 g/mol. The minimum atomic E-state index is -1.71. The first kappa shape index (κ1) is 10.6. The van der Waals surface area contributed by atoms with Crippen molar-refractivity contribution in [2.24, 2.45) is 5.73 Å². The van der Waals surface area contributed by atoms with E-state index in [4.69, 9.17) is 5.73 Å². The highest BCUT2D eigenvalue weighted by Crippen LogP contribution is 2.38. The van der Waals surface area contributed by atoms with Gasteiger partial charge in [0.1, 0.15) is 0 Å². The molecule has 0 aliphatic carbocycles. The molecule has 2 rings (SSSR count). The zero-order valence-electron chi connectivity index (χ0n) is 9.06. The van der Waals surface area contributed by atoms with Crippen LogP contribution in [0.5, 0.6) is 0 Å². The minimum absolute atomic E-state index is 0.472. The first-order valence-corrected chi connectivity index (χ1v) is 4.78. The van der Waals surface area contributed by atoms with Crippen LogP contribution in [0.15, 0.2) is 24.3 Å². The highest BCUT2D eigenvalue weighted by molar-refractivity contribution is 6.19. The van der Waals surface area contributed by atoms with Crippen molar-refractivity contribution in [2.45, 2.75) is 5.54 Å². The second-order valence-electron chi connectivity index (χ2n) is 3.68. The molecular formula is C11H12N2O3. The van der Waals surface area contributed by atoms with Gasteiger partial charge in [0.05, 0.1) is 7.11 Å². The molecule has 5 heteroatoms. The Kier molecular flexibility index (Phi) is 2.20. The number of anilines is 1. The summed E-state index contributed by atoms with van der Waals surface area (Å²) < 4.78 is 4.60. The zero-order chi connectivity index (χ0) is 11.9. The number of nitrogens with two attached hydrogens (primary N) is 1. The van der Waals surface area contributed by atoms with Crippen molar-refractivity contribution in [3.8, 4) is 0 Å². The number of likely N-dealkylation sites (N-methyl/N-ethyl adjacent to an activating group) is 1. The zero-order valence-corrected chi connectivity index (χ0v) is 9.06. The number of nitrogens with zero attached hydrogens (tertiary/aromatic N) is 1. The molecule has 2 N–H and O–H groups in total. The van der Waals surface area contributed by atoms with Crippen LogP contribution in [-0.4, -0.2) is 26.0 Å². The summed E-state index contributed by atoms with van der Waals surface area (Å²) in [5.74, 6) is -1.21. The fraction of sp³-hybridized carbons (Fsp3) is 0.273. The van der Waals surface area contributed by atoms with Gasteiger partial charge in [-0.2, -0.15) is 0 Å². The fourth-order valence-corrected chi connectivity index (χ4v) is 1.95. The van der Waals surface area contributed by atoms with E-state index in [2.05, 4.69) is 4.74 Å². The molecule has 0 spiro atoms. The largest absolute Gasteiger partial charge is 0.467 e. The Hall–Kier alpha value is -1.88. The van der Waals surface area contributed by atoms with E-state index < -0.39 is 17.4 Å². The van der Waals surface area contributed by atoms with Crippen LogP contribution in [0.4, 0.5) is 5.69 Å². The number of methoxy groups -OCH3 is 1. The van der Waals surface area contributed by atoms with Gasteiger partial charge < -0.3 is 15.4 Å². The van der Waals surface area contributed by atoms with Crippen LogP contribution in [0.1, 0.15) is 5.56 Å². The van der Waals surface area contributed by atoms with Crippen molar-refractivity contribution in [1.29, 1.82) is 0 Å². The SMILES string of the molecule is COC(=O)[C@@]1(N)C(=O)N(C)c2ccccc21. The lowest BCUT2D eigenvalue weighted by Gasteiger charge is -2.19. The van der Waals surface area contributed by atoms with Crippen LogP contribution < -0.4 is 10.6 Å². The van der Waals surface area contributed by atoms with Crippen molar-refractivity contribution in [2.75, 3.05) is 19.1 Å². The van der Waals surface area contributed by atoms with Gasteiger partial charge in [-0.05, 0) is 6.07 Å². The number of para-hydroxylation sites is 1. The van der Waals surface area contributed by atoms with Crippen LogP contribution in [0, 0.1) is 0 Å². The predicted molar refractivity (Wildman–Crippen MR) is 57.7 cm³/mol. The minimum Gasteiger partial charge on any atom is -0.467 e. The molecule has 5 nitrogen and oxygen atoms in total. The summed E-state index contributed by atoms with van der Waals surface area (Å²) >= 11 is 0. The maximum Gasteiger partial charge on any atom is 0.340 e. The van der Waals surface area contributed by atoms with E-state index in [1.165, 1.54) is 12.0 Å². The topological polar surface area (TPSA) is 72.6 Å². The first-order valence-electron chi connectivity index (χ1n) is 4.78. The highest BCUT2D eigenvalue weighted by Gasteiger charge is 2.53. The predicted octanol–water partition coefficient (Wildman–Crippen LogP) is -0.01000. The summed E-state index contributed by atoms with van der Waals surface area (Å²) in [6.07, 6.45) is 0. The molecule has 16 heavy (non-hydrogen) atoms. The Morgan fingerprint density at radius 2 is 2.06 bits per heavy atom. The van der Waals surface area contributed by atoms with Crippen LogP contribution in [0.3, 0.4) is 0 Å². The van der Waals surface area contributed by atoms with Crippen LogP contribution in [0.25, 0.3) is 0 Å². The second kappa shape index (κ2) is 3.31. The van der Waals surface area contributed by atoms with Crippen molar-refractivity contribution >= 4 is 17.6 Å². The van der Waals surface area contributed by atoms with Crippen molar-refractivity contribution in [3.63, 3.8) is 0 Å². The summed E-state index contributed by atoms with van der Waals surface area (Å²) in [7, 11) is 2.80. The number of esters is 1. The Balaban J connectivity index is 2.65. The van der Waals surface area contributed by atoms with Gasteiger partial charge in [-0.3, -0.25) is 4.79 Å². The number of hydrogen-bond acceptors (Lipinski definition) is 4. The maximum absolute atomic E-state index is 12.0. The number of rotatable bonds is 1. The third-order valence-electron chi connectivity index (χ3n) is 2.84. The van der Waals surface area contributed by atoms with Crippen molar-refractivity contribution in [1.82, 2.24) is 0 Å². The summed E-state index contributed by atoms with van der Waals surface area (Å²) in [5, 5.41) is 0. The van der Waals surface area contributed by atoms with Crippen molar-refractivity contribution < 1.29 is 14.3 Å². The molecule has 1 aliphatic heterocycles. The van der Waals surface area contributed by atoms with Gasteiger partial charge in [0.25, 0.3) is 5.91 Å². The quantitative estimate of drug-likeness (QED) is 0.533. The van der Waals surface area contributed by atoms with E-state index in [1.54, 1.807) is 31.3 Å². The summed E-state index contributed by atoms with van der Waals surface area (Å²) in [6, 6.07) is 6.92. The number of amides is 1. The average Bonchev–Trinajstić information content (AvgIpc) is 2.52. The van der Waals surface area contributed by atoms with Crippen LogP contribution >= 0.6 is 0 Å². The van der Waals surface area contributed by atoms with Crippen LogP contribution in [-0.2, 0) is 19.9 Å². The van der Waals surface area contributed by atoms with E-state index in [0.29, 0.717) is 11.3 Å². The van der Waals surface area contributed by atoms with E-state index in [1.807, 2.05) is 0 Å². The lowest BCUT2D eigenvalue weighted by atomic mass is 9.93. The molecule has 0 aromatic heterocycles. The molecule has 1 aromatic rings. The maximum atomic E-state index is 12.0. The normalized spacial score (nSPS) is 23.2. The smallest absolute Gasteiger partial charge is 0.340 e. The van der Waals surface area contributed by atoms with E-state index in [9.17, 15) is 9.59 Å². The van der Waals surface area contributed by atoms with Crippen molar-refractivity contribution in [3.05, 3.63) is 29.8 Å². The third kappa shape index (κ3) is 1.09. The Labute approximate surface area is 92.8 Å². The van der Waals surface area contributed by atoms with E-state index >= 15 is 0 Å². The molecule has 1 aliphatic rings. The lowest BCUT2D eigenvalue weighted by molar-refractivity contribution is -0.151. The molecule has 84 valence electrons.